The predicted molar refractivity (Wildman–Crippen MR) is 63.6 cm³/mol. The molecule has 0 saturated heterocycles. The van der Waals surface area contributed by atoms with Crippen LogP contribution in [0.4, 0.5) is 17.6 Å². The Morgan fingerprint density at radius 1 is 1.26 bits per heavy atom. The Morgan fingerprint density at radius 2 is 1.95 bits per heavy atom. The quantitative estimate of drug-likeness (QED) is 0.841. The van der Waals surface area contributed by atoms with Crippen LogP contribution in [0, 0.1) is 6.92 Å². The zero-order chi connectivity index (χ0) is 14.0. The van der Waals surface area contributed by atoms with Crippen molar-refractivity contribution in [2.75, 3.05) is 6.54 Å². The van der Waals surface area contributed by atoms with Gasteiger partial charge in [-0.2, -0.15) is 8.78 Å². The summed E-state index contributed by atoms with van der Waals surface area (Å²) in [6, 6.07) is 7.16. The van der Waals surface area contributed by atoms with E-state index in [4.69, 9.17) is 4.42 Å². The fraction of sp³-hybridized carbons (Fsp3) is 0.385. The molecular formula is C13H13F4NO. The molecule has 0 fully saturated rings. The lowest BCUT2D eigenvalue weighted by Crippen LogP contribution is -2.38. The van der Waals surface area contributed by atoms with E-state index in [1.165, 1.54) is 0 Å². The van der Waals surface area contributed by atoms with E-state index in [2.05, 4.69) is 5.32 Å². The molecule has 1 aromatic heterocycles. The summed E-state index contributed by atoms with van der Waals surface area (Å²) in [5.41, 5.74) is 1.36. The molecule has 0 spiro atoms. The fourth-order valence-corrected chi connectivity index (χ4v) is 1.87. The van der Waals surface area contributed by atoms with Crippen molar-refractivity contribution < 1.29 is 22.0 Å². The monoisotopic (exact) mass is 275 g/mol. The van der Waals surface area contributed by atoms with Gasteiger partial charge in [0.15, 0.2) is 0 Å². The number of hydrogen-bond donors (Lipinski definition) is 1. The normalized spacial score (nSPS) is 12.5. The van der Waals surface area contributed by atoms with Gasteiger partial charge in [-0.1, -0.05) is 18.2 Å². The maximum atomic E-state index is 12.8. The molecule has 104 valence electrons. The molecule has 0 aliphatic heterocycles. The van der Waals surface area contributed by atoms with Crippen molar-refractivity contribution in [2.24, 2.45) is 0 Å². The summed E-state index contributed by atoms with van der Waals surface area (Å²) in [5.74, 6) is -3.43. The maximum absolute atomic E-state index is 12.8. The molecular weight excluding hydrogens is 262 g/mol. The zero-order valence-electron chi connectivity index (χ0n) is 10.2. The zero-order valence-corrected chi connectivity index (χ0v) is 10.2. The summed E-state index contributed by atoms with van der Waals surface area (Å²) in [7, 11) is 0. The van der Waals surface area contributed by atoms with Crippen LogP contribution < -0.4 is 5.32 Å². The first kappa shape index (κ1) is 13.9. The lowest BCUT2D eigenvalue weighted by Gasteiger charge is -2.15. The van der Waals surface area contributed by atoms with E-state index in [0.717, 1.165) is 5.39 Å². The number of hydrogen-bond acceptors (Lipinski definition) is 2. The smallest absolute Gasteiger partial charge is 0.319 e. The first-order valence-electron chi connectivity index (χ1n) is 5.75. The summed E-state index contributed by atoms with van der Waals surface area (Å²) >= 11 is 0. The van der Waals surface area contributed by atoms with Gasteiger partial charge in [0.25, 0.3) is 0 Å². The Kier molecular flexibility index (Phi) is 3.80. The number of rotatable bonds is 5. The number of fused-ring (bicyclic) bond motifs is 1. The van der Waals surface area contributed by atoms with Crippen molar-refractivity contribution in [3.05, 3.63) is 35.6 Å². The van der Waals surface area contributed by atoms with Crippen molar-refractivity contribution in [3.63, 3.8) is 0 Å². The molecule has 0 saturated carbocycles. The number of alkyl halides is 4. The van der Waals surface area contributed by atoms with Crippen LogP contribution in [-0.4, -0.2) is 18.9 Å². The number of para-hydroxylation sites is 1. The number of benzene rings is 1. The minimum Gasteiger partial charge on any atom is -0.461 e. The first-order valence-corrected chi connectivity index (χ1v) is 5.75. The van der Waals surface area contributed by atoms with Crippen LogP contribution in [0.1, 0.15) is 11.3 Å². The molecule has 2 nitrogen and oxygen atoms in total. The Morgan fingerprint density at radius 3 is 2.63 bits per heavy atom. The maximum Gasteiger partial charge on any atom is 0.319 e. The Balaban J connectivity index is 2.08. The van der Waals surface area contributed by atoms with E-state index in [9.17, 15) is 17.6 Å². The van der Waals surface area contributed by atoms with E-state index in [0.29, 0.717) is 16.9 Å². The van der Waals surface area contributed by atoms with Crippen molar-refractivity contribution in [2.45, 2.75) is 25.8 Å². The van der Waals surface area contributed by atoms with Gasteiger partial charge in [-0.15, -0.1) is 0 Å². The van der Waals surface area contributed by atoms with Crippen LogP contribution >= 0.6 is 0 Å². The van der Waals surface area contributed by atoms with Gasteiger partial charge in [0.1, 0.15) is 11.3 Å². The molecule has 0 bridgehead atoms. The minimum absolute atomic E-state index is 0.0607. The largest absolute Gasteiger partial charge is 0.461 e. The van der Waals surface area contributed by atoms with Crippen molar-refractivity contribution in [1.82, 2.24) is 5.32 Å². The van der Waals surface area contributed by atoms with Crippen LogP contribution in [0.2, 0.25) is 0 Å². The van der Waals surface area contributed by atoms with Gasteiger partial charge < -0.3 is 9.73 Å². The summed E-state index contributed by atoms with van der Waals surface area (Å²) < 4.78 is 55.0. The second-order valence-electron chi connectivity index (χ2n) is 4.30. The first-order chi connectivity index (χ1) is 8.92. The summed E-state index contributed by atoms with van der Waals surface area (Å²) in [6.45, 7) is 0.705. The molecule has 2 aromatic rings. The molecule has 0 unspecified atom stereocenters. The SMILES string of the molecule is Cc1oc2ccccc2c1CNCC(F)(F)C(F)F. The number of aryl methyl sites for hydroxylation is 1. The Labute approximate surface area is 107 Å². The van der Waals surface area contributed by atoms with Gasteiger partial charge in [-0.05, 0) is 13.0 Å². The van der Waals surface area contributed by atoms with E-state index < -0.39 is 18.9 Å². The third kappa shape index (κ3) is 2.89. The molecule has 0 amide bonds. The molecule has 2 rings (SSSR count). The number of halogens is 4. The average molecular weight is 275 g/mol. The highest BCUT2D eigenvalue weighted by molar-refractivity contribution is 5.82. The highest BCUT2D eigenvalue weighted by Gasteiger charge is 2.40. The van der Waals surface area contributed by atoms with Gasteiger partial charge in [0, 0.05) is 17.5 Å². The third-order valence-electron chi connectivity index (χ3n) is 2.88. The molecule has 1 N–H and O–H groups in total. The molecule has 0 atom stereocenters. The average Bonchev–Trinajstić information content (AvgIpc) is 2.65. The topological polar surface area (TPSA) is 25.2 Å². The van der Waals surface area contributed by atoms with Crippen LogP contribution in [0.3, 0.4) is 0 Å². The van der Waals surface area contributed by atoms with Crippen LogP contribution in [0.15, 0.2) is 28.7 Å². The Hall–Kier alpha value is -1.56. The van der Waals surface area contributed by atoms with E-state index in [1.807, 2.05) is 0 Å². The highest BCUT2D eigenvalue weighted by atomic mass is 19.3. The minimum atomic E-state index is -4.02. The van der Waals surface area contributed by atoms with Gasteiger partial charge in [0.05, 0.1) is 6.54 Å². The van der Waals surface area contributed by atoms with E-state index in [1.54, 1.807) is 31.2 Å². The van der Waals surface area contributed by atoms with Crippen LogP contribution in [0.25, 0.3) is 11.0 Å². The second-order valence-corrected chi connectivity index (χ2v) is 4.30. The van der Waals surface area contributed by atoms with Crippen molar-refractivity contribution >= 4 is 11.0 Å². The summed E-state index contributed by atoms with van der Waals surface area (Å²) in [6.07, 6.45) is -3.66. The summed E-state index contributed by atoms with van der Waals surface area (Å²) in [5, 5.41) is 3.15. The molecule has 1 heterocycles. The third-order valence-corrected chi connectivity index (χ3v) is 2.88. The highest BCUT2D eigenvalue weighted by Crippen LogP contribution is 2.26. The van der Waals surface area contributed by atoms with Crippen LogP contribution in [0.5, 0.6) is 0 Å². The van der Waals surface area contributed by atoms with Crippen LogP contribution in [-0.2, 0) is 6.54 Å². The van der Waals surface area contributed by atoms with E-state index >= 15 is 0 Å². The predicted octanol–water partition coefficient (Wildman–Crippen LogP) is 3.73. The fourth-order valence-electron chi connectivity index (χ4n) is 1.87. The number of nitrogens with one attached hydrogen (secondary N) is 1. The van der Waals surface area contributed by atoms with Gasteiger partial charge in [-0.3, -0.25) is 0 Å². The van der Waals surface area contributed by atoms with Gasteiger partial charge >= 0.3 is 12.3 Å². The molecule has 19 heavy (non-hydrogen) atoms. The lowest BCUT2D eigenvalue weighted by molar-refractivity contribution is -0.125. The van der Waals surface area contributed by atoms with Gasteiger partial charge in [-0.25, -0.2) is 8.78 Å². The second kappa shape index (κ2) is 5.21. The number of furan rings is 1. The molecule has 1 aromatic carbocycles. The van der Waals surface area contributed by atoms with Crippen molar-refractivity contribution in [3.8, 4) is 0 Å². The lowest BCUT2D eigenvalue weighted by atomic mass is 10.1. The molecule has 0 radical (unpaired) electrons. The molecule has 0 aliphatic carbocycles. The standard InChI is InChI=1S/C13H13F4NO/c1-8-10(6-18-7-13(16,17)12(14)15)9-4-2-3-5-11(9)19-8/h2-5,12,18H,6-7H2,1H3. The Bertz CT molecular complexity index is 565. The molecule has 0 aliphatic rings. The molecule has 6 heteroatoms. The van der Waals surface area contributed by atoms with Gasteiger partial charge in [0.2, 0.25) is 0 Å². The summed E-state index contributed by atoms with van der Waals surface area (Å²) in [4.78, 5) is 0. The van der Waals surface area contributed by atoms with E-state index in [-0.39, 0.29) is 6.54 Å². The van der Waals surface area contributed by atoms with Crippen molar-refractivity contribution in [1.29, 1.82) is 0 Å².